The Labute approximate surface area is 98.3 Å². The van der Waals surface area contributed by atoms with E-state index in [-0.39, 0.29) is 31.6 Å². The third-order valence-corrected chi connectivity index (χ3v) is 1.29. The lowest BCUT2D eigenvalue weighted by Gasteiger charge is -1.97. The monoisotopic (exact) mass is 248 g/mol. The third-order valence-electron chi connectivity index (χ3n) is 1.29. The maximum Gasteiger partial charge on any atom is 0.330 e. The molecule has 0 aromatic heterocycles. The maximum absolute atomic E-state index is 9.90. The molecule has 0 aromatic carbocycles. The third kappa shape index (κ3) is 20.2. The van der Waals surface area contributed by atoms with Crippen molar-refractivity contribution in [3.8, 4) is 0 Å². The summed E-state index contributed by atoms with van der Waals surface area (Å²) in [5, 5.41) is 24.1. The first-order chi connectivity index (χ1) is 7.77. The quantitative estimate of drug-likeness (QED) is 0.445. The van der Waals surface area contributed by atoms with Gasteiger partial charge in [0.05, 0.1) is 26.1 Å². The second-order valence-corrected chi connectivity index (χ2v) is 2.99. The molecular weight excluding hydrogens is 232 g/mol. The molecule has 0 unspecified atom stereocenters. The van der Waals surface area contributed by atoms with Crippen molar-refractivity contribution in [2.75, 3.05) is 13.2 Å². The Morgan fingerprint density at radius 1 is 1.00 bits per heavy atom. The molecule has 7 heteroatoms. The van der Waals surface area contributed by atoms with E-state index in [4.69, 9.17) is 20.1 Å². The highest BCUT2D eigenvalue weighted by Crippen LogP contribution is 1.85. The molecule has 0 saturated heterocycles. The highest BCUT2D eigenvalue weighted by Gasteiger charge is 1.98. The number of rotatable bonds is 7. The van der Waals surface area contributed by atoms with Gasteiger partial charge in [-0.2, -0.15) is 0 Å². The maximum atomic E-state index is 9.90. The molecule has 7 nitrogen and oxygen atoms in total. The summed E-state index contributed by atoms with van der Waals surface area (Å²) in [5.74, 6) is -2.82. The fraction of sp³-hybridized carbons (Fsp3) is 0.500. The minimum atomic E-state index is -0.944. The molecule has 98 valence electrons. The highest BCUT2D eigenvalue weighted by molar-refractivity contribution is 5.84. The molecule has 0 aliphatic heterocycles. The van der Waals surface area contributed by atoms with Crippen molar-refractivity contribution in [2.45, 2.75) is 19.8 Å². The SMILES string of the molecule is C=C(C)C(=O)O.O=C(O)CCOCCC(=O)O. The molecule has 0 spiro atoms. The smallest absolute Gasteiger partial charge is 0.330 e. The molecule has 0 aliphatic carbocycles. The van der Waals surface area contributed by atoms with Crippen molar-refractivity contribution >= 4 is 17.9 Å². The molecule has 0 rings (SSSR count). The zero-order valence-corrected chi connectivity index (χ0v) is 9.51. The van der Waals surface area contributed by atoms with Crippen LogP contribution in [-0.2, 0) is 19.1 Å². The first-order valence-electron chi connectivity index (χ1n) is 4.67. The van der Waals surface area contributed by atoms with Gasteiger partial charge in [0.15, 0.2) is 0 Å². The molecule has 0 amide bonds. The predicted octanol–water partition coefficient (Wildman–Crippen LogP) is 0.599. The number of hydrogen-bond acceptors (Lipinski definition) is 4. The van der Waals surface area contributed by atoms with E-state index < -0.39 is 17.9 Å². The van der Waals surface area contributed by atoms with Crippen LogP contribution in [0.1, 0.15) is 19.8 Å². The van der Waals surface area contributed by atoms with Crippen molar-refractivity contribution < 1.29 is 34.4 Å². The lowest BCUT2D eigenvalue weighted by atomic mass is 10.4. The molecule has 0 atom stereocenters. The molecule has 0 aromatic rings. The van der Waals surface area contributed by atoms with Crippen molar-refractivity contribution in [1.82, 2.24) is 0 Å². The van der Waals surface area contributed by atoms with Gasteiger partial charge >= 0.3 is 17.9 Å². The Morgan fingerprint density at radius 3 is 1.47 bits per heavy atom. The van der Waals surface area contributed by atoms with Gasteiger partial charge in [0.2, 0.25) is 0 Å². The molecule has 0 aliphatic rings. The summed E-state index contributed by atoms with van der Waals surface area (Å²) in [7, 11) is 0. The summed E-state index contributed by atoms with van der Waals surface area (Å²) < 4.78 is 4.69. The van der Waals surface area contributed by atoms with Gasteiger partial charge in [-0.3, -0.25) is 9.59 Å². The van der Waals surface area contributed by atoms with Gasteiger partial charge in [-0.1, -0.05) is 6.58 Å². The first-order valence-corrected chi connectivity index (χ1v) is 4.67. The summed E-state index contributed by atoms with van der Waals surface area (Å²) >= 11 is 0. The normalized spacial score (nSPS) is 8.76. The van der Waals surface area contributed by atoms with E-state index in [1.807, 2.05) is 0 Å². The standard InChI is InChI=1S/C6H10O5.C4H6O2/c7-5(8)1-3-11-4-2-6(9)10;1-3(2)4(5)6/h1-4H2,(H,7,8)(H,9,10);1H2,2H3,(H,5,6). The van der Waals surface area contributed by atoms with Crippen LogP contribution in [0.2, 0.25) is 0 Å². The van der Waals surface area contributed by atoms with E-state index in [1.165, 1.54) is 6.92 Å². The van der Waals surface area contributed by atoms with Gasteiger partial charge < -0.3 is 20.1 Å². The van der Waals surface area contributed by atoms with Crippen LogP contribution in [0.3, 0.4) is 0 Å². The number of carboxylic acid groups (broad SMARTS) is 3. The molecular formula is C10H16O7. The Hall–Kier alpha value is -1.89. The van der Waals surface area contributed by atoms with Gasteiger partial charge in [-0.05, 0) is 6.92 Å². The summed E-state index contributed by atoms with van der Waals surface area (Å²) in [6, 6.07) is 0. The van der Waals surface area contributed by atoms with Crippen molar-refractivity contribution in [2.24, 2.45) is 0 Å². The number of carbonyl (C=O) groups is 3. The fourth-order valence-electron chi connectivity index (χ4n) is 0.421. The first kappa shape index (κ1) is 17.5. The van der Waals surface area contributed by atoms with Gasteiger partial charge in [0.1, 0.15) is 0 Å². The number of hydrogen-bond donors (Lipinski definition) is 3. The van der Waals surface area contributed by atoms with Crippen LogP contribution in [-0.4, -0.2) is 46.4 Å². The molecule has 0 fully saturated rings. The van der Waals surface area contributed by atoms with Crippen molar-refractivity contribution in [1.29, 1.82) is 0 Å². The van der Waals surface area contributed by atoms with Crippen LogP contribution in [0, 0.1) is 0 Å². The van der Waals surface area contributed by atoms with Gasteiger partial charge in [0.25, 0.3) is 0 Å². The molecule has 0 saturated carbocycles. The summed E-state index contributed by atoms with van der Waals surface area (Å²) in [6.45, 7) is 4.75. The highest BCUT2D eigenvalue weighted by atomic mass is 16.5. The summed E-state index contributed by atoms with van der Waals surface area (Å²) in [6.07, 6.45) is -0.167. The average Bonchev–Trinajstić information content (AvgIpc) is 2.17. The van der Waals surface area contributed by atoms with Crippen molar-refractivity contribution in [3.05, 3.63) is 12.2 Å². The molecule has 3 N–H and O–H groups in total. The van der Waals surface area contributed by atoms with Gasteiger partial charge in [-0.15, -0.1) is 0 Å². The van der Waals surface area contributed by atoms with Crippen LogP contribution >= 0.6 is 0 Å². The zero-order valence-electron chi connectivity index (χ0n) is 9.51. The van der Waals surface area contributed by atoms with E-state index >= 15 is 0 Å². The van der Waals surface area contributed by atoms with E-state index in [9.17, 15) is 14.4 Å². The molecule has 0 heterocycles. The largest absolute Gasteiger partial charge is 0.481 e. The van der Waals surface area contributed by atoms with E-state index in [0.717, 1.165) is 0 Å². The number of carboxylic acids is 3. The van der Waals surface area contributed by atoms with Crippen molar-refractivity contribution in [3.63, 3.8) is 0 Å². The van der Waals surface area contributed by atoms with Gasteiger partial charge in [0, 0.05) is 5.57 Å². The Morgan fingerprint density at radius 2 is 1.29 bits per heavy atom. The zero-order chi connectivity index (χ0) is 13.8. The number of aliphatic carboxylic acids is 3. The molecule has 17 heavy (non-hydrogen) atoms. The fourth-order valence-corrected chi connectivity index (χ4v) is 0.421. The van der Waals surface area contributed by atoms with E-state index in [1.54, 1.807) is 0 Å². The predicted molar refractivity (Wildman–Crippen MR) is 57.8 cm³/mol. The Kier molecular flexibility index (Phi) is 10.9. The van der Waals surface area contributed by atoms with E-state index in [2.05, 4.69) is 6.58 Å². The van der Waals surface area contributed by atoms with Gasteiger partial charge in [-0.25, -0.2) is 4.79 Å². The molecule has 0 radical (unpaired) electrons. The topological polar surface area (TPSA) is 121 Å². The van der Waals surface area contributed by atoms with Crippen LogP contribution in [0.5, 0.6) is 0 Å². The average molecular weight is 248 g/mol. The van der Waals surface area contributed by atoms with Crippen LogP contribution in [0.15, 0.2) is 12.2 Å². The summed E-state index contributed by atoms with van der Waals surface area (Å²) in [5.41, 5.74) is 0.176. The Balaban J connectivity index is 0. The Bertz CT molecular complexity index is 254. The van der Waals surface area contributed by atoms with Crippen LogP contribution < -0.4 is 0 Å². The minimum Gasteiger partial charge on any atom is -0.481 e. The van der Waals surface area contributed by atoms with Crippen LogP contribution in [0.4, 0.5) is 0 Å². The second-order valence-electron chi connectivity index (χ2n) is 2.99. The minimum absolute atomic E-state index is 0.0720. The lowest BCUT2D eigenvalue weighted by molar-refractivity contribution is -0.139. The second kappa shape index (κ2) is 10.6. The van der Waals surface area contributed by atoms with E-state index in [0.29, 0.717) is 0 Å². The summed E-state index contributed by atoms with van der Waals surface area (Å²) in [4.78, 5) is 29.4. The van der Waals surface area contributed by atoms with Crippen LogP contribution in [0.25, 0.3) is 0 Å². The lowest BCUT2D eigenvalue weighted by Crippen LogP contribution is -2.06. The molecule has 0 bridgehead atoms. The number of ether oxygens (including phenoxy) is 1.